The van der Waals surface area contributed by atoms with E-state index in [2.05, 4.69) is 234 Å². The Balaban J connectivity index is 0.710. The van der Waals surface area contributed by atoms with Crippen molar-refractivity contribution in [2.45, 2.75) is 38.5 Å². The summed E-state index contributed by atoms with van der Waals surface area (Å²) in [5, 5.41) is 10.8. The highest BCUT2D eigenvalue weighted by Gasteiger charge is 2.42. The summed E-state index contributed by atoms with van der Waals surface area (Å²) >= 11 is 0. The Labute approximate surface area is 441 Å². The molecule has 0 aliphatic heterocycles. The number of fused-ring (bicyclic) bond motifs is 18. The average Bonchev–Trinajstić information content (AvgIpc) is 4.43. The van der Waals surface area contributed by atoms with Gasteiger partial charge in [-0.3, -0.25) is 0 Å². The molecule has 0 unspecified atom stereocenters. The van der Waals surface area contributed by atoms with Crippen LogP contribution in [-0.4, -0.2) is 0 Å². The molecule has 0 atom stereocenters. The van der Waals surface area contributed by atoms with Gasteiger partial charge >= 0.3 is 0 Å². The average molecular weight is 959 g/mol. The molecule has 0 nitrogen and oxygen atoms in total. The molecular weight excluding hydrogens is 913 g/mol. The van der Waals surface area contributed by atoms with E-state index in [4.69, 9.17) is 0 Å². The summed E-state index contributed by atoms with van der Waals surface area (Å²) in [6.07, 6.45) is 0. The Morgan fingerprint density at radius 2 is 0.461 bits per heavy atom. The zero-order valence-corrected chi connectivity index (χ0v) is 42.6. The van der Waals surface area contributed by atoms with Crippen LogP contribution in [0.3, 0.4) is 0 Å². The Morgan fingerprint density at radius 1 is 0.197 bits per heavy atom. The molecule has 0 saturated heterocycles. The molecule has 0 bridgehead atoms. The maximum atomic E-state index is 2.55. The predicted molar refractivity (Wildman–Crippen MR) is 320 cm³/mol. The van der Waals surface area contributed by atoms with Gasteiger partial charge in [-0.05, 0) is 253 Å². The van der Waals surface area contributed by atoms with Gasteiger partial charge in [0.25, 0.3) is 0 Å². The summed E-state index contributed by atoms with van der Waals surface area (Å²) in [4.78, 5) is 0. The molecule has 0 amide bonds. The van der Waals surface area contributed by atoms with Crippen LogP contribution < -0.4 is 0 Å². The first kappa shape index (κ1) is 40.3. The van der Waals surface area contributed by atoms with Crippen molar-refractivity contribution >= 4 is 43.1 Å². The lowest BCUT2D eigenvalue weighted by Crippen LogP contribution is -2.15. The summed E-state index contributed by atoms with van der Waals surface area (Å²) in [7, 11) is 0. The first-order chi connectivity index (χ1) is 37.2. The van der Waals surface area contributed by atoms with E-state index in [1.165, 1.54) is 199 Å². The van der Waals surface area contributed by atoms with Crippen molar-refractivity contribution in [1.82, 2.24) is 0 Å². The molecule has 6 aliphatic carbocycles. The Kier molecular flexibility index (Phi) is 7.01. The topological polar surface area (TPSA) is 0 Å². The van der Waals surface area contributed by atoms with Crippen LogP contribution in [0.2, 0.25) is 0 Å². The lowest BCUT2D eigenvalue weighted by Gasteiger charge is -2.23. The molecule has 0 radical (unpaired) electrons. The van der Waals surface area contributed by atoms with Crippen LogP contribution in [-0.2, 0) is 10.8 Å². The Morgan fingerprint density at radius 3 is 0.803 bits per heavy atom. The van der Waals surface area contributed by atoms with Gasteiger partial charge in [0.1, 0.15) is 0 Å². The van der Waals surface area contributed by atoms with Gasteiger partial charge in [0, 0.05) is 10.8 Å². The highest BCUT2D eigenvalue weighted by molar-refractivity contribution is 6.23. The highest BCUT2D eigenvalue weighted by atomic mass is 14.4. The zero-order chi connectivity index (χ0) is 49.8. The van der Waals surface area contributed by atoms with E-state index in [0.717, 1.165) is 0 Å². The minimum absolute atomic E-state index is 0.134. The van der Waals surface area contributed by atoms with Gasteiger partial charge in [-0.25, -0.2) is 0 Å². The standard InChI is InChI=1S/C76H46/c1-75(2)67-35-59-49-20-8-14-39-12-6-18-47(71(39)49)55(59)31-63(67)65-33-57-53-28-26-43(45-22-10-24-51(73(45)53)61(57)37-69(65)75)41-16-5-17-42(30-41)44-27-29-54-58-34-66-64-32-56-48-19-7-13-40-15-9-21-50(72(40)48)60(56)36-68(64)76(3,4)70(66)38-62(58)52-25-11-23-46(44)74(52)54/h5-38H,1-4H3. The summed E-state index contributed by atoms with van der Waals surface area (Å²) in [5.41, 5.74) is 37.7. The van der Waals surface area contributed by atoms with Crippen LogP contribution in [0.25, 0.3) is 177 Å². The van der Waals surface area contributed by atoms with Crippen molar-refractivity contribution in [2.75, 3.05) is 0 Å². The van der Waals surface area contributed by atoms with Crippen molar-refractivity contribution in [3.63, 3.8) is 0 Å². The highest BCUT2D eigenvalue weighted by Crippen LogP contribution is 2.62. The van der Waals surface area contributed by atoms with Crippen molar-refractivity contribution in [2.24, 2.45) is 0 Å². The largest absolute Gasteiger partial charge is 0.0610 e. The Bertz CT molecular complexity index is 4700. The maximum absolute atomic E-state index is 2.55. The minimum Gasteiger partial charge on any atom is -0.0610 e. The summed E-state index contributed by atoms with van der Waals surface area (Å²) in [6.45, 7) is 9.73. The molecule has 0 aromatic heterocycles. The van der Waals surface area contributed by atoms with Crippen LogP contribution in [0.15, 0.2) is 206 Å². The molecule has 19 rings (SSSR count). The number of hydrogen-bond acceptors (Lipinski definition) is 0. The van der Waals surface area contributed by atoms with Gasteiger partial charge in [0.05, 0.1) is 0 Å². The van der Waals surface area contributed by atoms with Crippen LogP contribution in [0.4, 0.5) is 0 Å². The van der Waals surface area contributed by atoms with E-state index < -0.39 is 0 Å². The number of benzene rings is 13. The molecule has 0 N–H and O–H groups in total. The van der Waals surface area contributed by atoms with Crippen LogP contribution in [0.5, 0.6) is 0 Å². The van der Waals surface area contributed by atoms with Gasteiger partial charge < -0.3 is 0 Å². The van der Waals surface area contributed by atoms with E-state index in [9.17, 15) is 0 Å². The Hall–Kier alpha value is -9.10. The molecular formula is C76H46. The third-order valence-electron chi connectivity index (χ3n) is 19.6. The summed E-state index contributed by atoms with van der Waals surface area (Å²) < 4.78 is 0. The van der Waals surface area contributed by atoms with Gasteiger partial charge in [-0.1, -0.05) is 179 Å². The van der Waals surface area contributed by atoms with Gasteiger partial charge in [-0.2, -0.15) is 0 Å². The zero-order valence-electron chi connectivity index (χ0n) is 42.6. The maximum Gasteiger partial charge on any atom is 0.0159 e. The van der Waals surface area contributed by atoms with Gasteiger partial charge in [0.2, 0.25) is 0 Å². The van der Waals surface area contributed by atoms with Gasteiger partial charge in [-0.15, -0.1) is 0 Å². The fourth-order valence-corrected chi connectivity index (χ4v) is 16.1. The molecule has 0 spiro atoms. The fourth-order valence-electron chi connectivity index (χ4n) is 16.1. The molecule has 0 saturated carbocycles. The molecule has 6 aliphatic rings. The predicted octanol–water partition coefficient (Wildman–Crippen LogP) is 20.8. The van der Waals surface area contributed by atoms with Crippen molar-refractivity contribution in [3.05, 3.63) is 229 Å². The molecule has 350 valence electrons. The van der Waals surface area contributed by atoms with Gasteiger partial charge in [0.15, 0.2) is 0 Å². The smallest absolute Gasteiger partial charge is 0.0159 e. The molecule has 0 heterocycles. The molecule has 76 heavy (non-hydrogen) atoms. The van der Waals surface area contributed by atoms with E-state index in [1.54, 1.807) is 0 Å². The van der Waals surface area contributed by atoms with E-state index in [-0.39, 0.29) is 10.8 Å². The quantitative estimate of drug-likeness (QED) is 0.162. The van der Waals surface area contributed by atoms with Crippen LogP contribution in [0.1, 0.15) is 49.9 Å². The van der Waals surface area contributed by atoms with Crippen molar-refractivity contribution in [3.8, 4) is 134 Å². The SMILES string of the molecule is CC1(C)c2cc3c(cc2-c2cc4c(cc21)-c1cccc2c(-c5cccc(-c6ccc7c8c(cccc68)-c6cc8c(cc6-7)-c6cc7c(cc6C8(C)C)-c6cccc8cccc-7c68)c5)ccc-4c12)-c1cccc2cccc-3c12. The first-order valence-electron chi connectivity index (χ1n) is 27.2. The normalized spacial score (nSPS) is 14.8. The third kappa shape index (κ3) is 4.64. The summed E-state index contributed by atoms with van der Waals surface area (Å²) in [6, 6.07) is 80.3. The van der Waals surface area contributed by atoms with Crippen molar-refractivity contribution in [1.29, 1.82) is 0 Å². The van der Waals surface area contributed by atoms with Crippen LogP contribution >= 0.6 is 0 Å². The molecule has 0 heteroatoms. The monoisotopic (exact) mass is 958 g/mol. The second kappa shape index (κ2) is 13.2. The molecule has 13 aromatic carbocycles. The minimum atomic E-state index is -0.134. The number of hydrogen-bond donors (Lipinski definition) is 0. The lowest BCUT2D eigenvalue weighted by atomic mass is 9.80. The molecule has 0 fully saturated rings. The van der Waals surface area contributed by atoms with E-state index in [0.29, 0.717) is 0 Å². The first-order valence-corrected chi connectivity index (χ1v) is 27.2. The second-order valence-electron chi connectivity index (χ2n) is 23.8. The van der Waals surface area contributed by atoms with Crippen molar-refractivity contribution < 1.29 is 0 Å². The lowest BCUT2D eigenvalue weighted by molar-refractivity contribution is 0.661. The second-order valence-corrected chi connectivity index (χ2v) is 23.8. The number of rotatable bonds is 2. The third-order valence-corrected chi connectivity index (χ3v) is 19.6. The van der Waals surface area contributed by atoms with E-state index in [1.807, 2.05) is 0 Å². The summed E-state index contributed by atoms with van der Waals surface area (Å²) in [5.74, 6) is 0. The molecule has 13 aromatic rings. The van der Waals surface area contributed by atoms with E-state index >= 15 is 0 Å². The van der Waals surface area contributed by atoms with Crippen LogP contribution in [0, 0.1) is 0 Å². The fraction of sp³-hybridized carbons (Fsp3) is 0.0789.